The summed E-state index contributed by atoms with van der Waals surface area (Å²) >= 11 is 1.57. The third kappa shape index (κ3) is 5.03. The number of hydrogen-bond acceptors (Lipinski definition) is 7. The number of rotatable bonds is 8. The van der Waals surface area contributed by atoms with Crippen LogP contribution < -0.4 is 20.1 Å². The van der Waals surface area contributed by atoms with Crippen LogP contribution in [0.1, 0.15) is 35.7 Å². The first-order valence-corrected chi connectivity index (χ1v) is 13.1. The molecule has 2 aromatic heterocycles. The van der Waals surface area contributed by atoms with E-state index in [1.54, 1.807) is 56.1 Å². The molecule has 5 aromatic rings. The highest BCUT2D eigenvalue weighted by Gasteiger charge is 2.18. The molecule has 0 spiro atoms. The maximum absolute atomic E-state index is 12.8. The van der Waals surface area contributed by atoms with Crippen LogP contribution in [0.5, 0.6) is 11.5 Å². The SMILES string of the molecule is COc1cc(Nc2ncnc3scc(-c4ccc(C(C)C)cc4)c23)c(OC)cc1NC(=O)c1ccccc1. The van der Waals surface area contributed by atoms with Gasteiger partial charge in [0, 0.05) is 28.6 Å². The van der Waals surface area contributed by atoms with Crippen LogP contribution in [0.3, 0.4) is 0 Å². The molecule has 8 heteroatoms. The summed E-state index contributed by atoms with van der Waals surface area (Å²) in [4.78, 5) is 22.7. The van der Waals surface area contributed by atoms with Gasteiger partial charge < -0.3 is 20.1 Å². The largest absolute Gasteiger partial charge is 0.494 e. The molecule has 0 saturated carbocycles. The second-order valence-electron chi connectivity index (χ2n) is 9.03. The van der Waals surface area contributed by atoms with Gasteiger partial charge in [-0.15, -0.1) is 11.3 Å². The van der Waals surface area contributed by atoms with E-state index in [9.17, 15) is 4.79 Å². The van der Waals surface area contributed by atoms with Crippen molar-refractivity contribution in [3.63, 3.8) is 0 Å². The molecule has 38 heavy (non-hydrogen) atoms. The number of carbonyl (C=O) groups excluding carboxylic acids is 1. The topological polar surface area (TPSA) is 85.4 Å². The van der Waals surface area contributed by atoms with Crippen LogP contribution >= 0.6 is 11.3 Å². The fourth-order valence-corrected chi connectivity index (χ4v) is 5.15. The number of aromatic nitrogens is 2. The van der Waals surface area contributed by atoms with Gasteiger partial charge in [0.15, 0.2) is 0 Å². The second-order valence-corrected chi connectivity index (χ2v) is 9.88. The maximum atomic E-state index is 12.8. The van der Waals surface area contributed by atoms with Crippen molar-refractivity contribution in [3.05, 3.63) is 89.6 Å². The van der Waals surface area contributed by atoms with Gasteiger partial charge in [-0.3, -0.25) is 4.79 Å². The van der Waals surface area contributed by atoms with Crippen LogP contribution in [-0.2, 0) is 0 Å². The smallest absolute Gasteiger partial charge is 0.255 e. The minimum Gasteiger partial charge on any atom is -0.494 e. The van der Waals surface area contributed by atoms with Crippen LogP contribution in [0.4, 0.5) is 17.2 Å². The van der Waals surface area contributed by atoms with Gasteiger partial charge in [0.2, 0.25) is 0 Å². The van der Waals surface area contributed by atoms with Crippen molar-refractivity contribution >= 4 is 44.7 Å². The van der Waals surface area contributed by atoms with Crippen LogP contribution in [-0.4, -0.2) is 30.1 Å². The third-order valence-corrected chi connectivity index (χ3v) is 7.20. The van der Waals surface area contributed by atoms with Crippen molar-refractivity contribution in [3.8, 4) is 22.6 Å². The number of ether oxygens (including phenoxy) is 2. The molecule has 0 unspecified atom stereocenters. The molecule has 0 atom stereocenters. The van der Waals surface area contributed by atoms with E-state index in [1.807, 2.05) is 18.2 Å². The van der Waals surface area contributed by atoms with E-state index in [0.29, 0.717) is 40.2 Å². The van der Waals surface area contributed by atoms with Gasteiger partial charge in [-0.1, -0.05) is 56.3 Å². The van der Waals surface area contributed by atoms with Gasteiger partial charge in [-0.25, -0.2) is 9.97 Å². The number of nitrogens with zero attached hydrogens (tertiary/aromatic N) is 2. The molecule has 0 aliphatic heterocycles. The lowest BCUT2D eigenvalue weighted by molar-refractivity contribution is 0.102. The minimum absolute atomic E-state index is 0.240. The Labute approximate surface area is 225 Å². The number of hydrogen-bond donors (Lipinski definition) is 2. The molecule has 7 nitrogen and oxygen atoms in total. The van der Waals surface area contributed by atoms with Gasteiger partial charge in [0.05, 0.1) is 31.0 Å². The van der Waals surface area contributed by atoms with E-state index in [1.165, 1.54) is 5.56 Å². The Bertz CT molecular complexity index is 1580. The lowest BCUT2D eigenvalue weighted by Gasteiger charge is -2.17. The molecule has 0 saturated heterocycles. The number of thiophene rings is 1. The van der Waals surface area contributed by atoms with Crippen LogP contribution in [0.2, 0.25) is 0 Å². The van der Waals surface area contributed by atoms with Crippen molar-refractivity contribution < 1.29 is 14.3 Å². The van der Waals surface area contributed by atoms with Gasteiger partial charge in [0.1, 0.15) is 28.5 Å². The molecule has 0 radical (unpaired) electrons. The quantitative estimate of drug-likeness (QED) is 0.219. The first-order chi connectivity index (χ1) is 18.5. The van der Waals surface area contributed by atoms with Gasteiger partial charge in [-0.2, -0.15) is 0 Å². The van der Waals surface area contributed by atoms with E-state index >= 15 is 0 Å². The summed E-state index contributed by atoms with van der Waals surface area (Å²) in [5.41, 5.74) is 5.14. The molecule has 2 N–H and O–H groups in total. The average Bonchev–Trinajstić information content (AvgIpc) is 3.39. The predicted octanol–water partition coefficient (Wildman–Crippen LogP) is 7.49. The predicted molar refractivity (Wildman–Crippen MR) is 154 cm³/mol. The normalized spacial score (nSPS) is 11.0. The molecule has 0 aliphatic rings. The van der Waals surface area contributed by atoms with Gasteiger partial charge in [-0.05, 0) is 29.2 Å². The van der Waals surface area contributed by atoms with Gasteiger partial charge >= 0.3 is 0 Å². The second kappa shape index (κ2) is 10.9. The first kappa shape index (κ1) is 25.2. The Morgan fingerprint density at radius 1 is 0.895 bits per heavy atom. The van der Waals surface area contributed by atoms with Crippen molar-refractivity contribution in [2.24, 2.45) is 0 Å². The molecule has 0 fully saturated rings. The number of nitrogens with one attached hydrogen (secondary N) is 2. The zero-order valence-corrected chi connectivity index (χ0v) is 22.4. The van der Waals surface area contributed by atoms with Crippen molar-refractivity contribution in [1.82, 2.24) is 9.97 Å². The monoisotopic (exact) mass is 524 g/mol. The summed E-state index contributed by atoms with van der Waals surface area (Å²) in [6.07, 6.45) is 1.55. The molecule has 2 heterocycles. The van der Waals surface area contributed by atoms with Crippen molar-refractivity contribution in [2.45, 2.75) is 19.8 Å². The highest BCUT2D eigenvalue weighted by Crippen LogP contribution is 2.41. The minimum atomic E-state index is -0.240. The summed E-state index contributed by atoms with van der Waals surface area (Å²) in [5.74, 6) is 1.89. The fourth-order valence-electron chi connectivity index (χ4n) is 4.23. The van der Waals surface area contributed by atoms with Crippen molar-refractivity contribution in [2.75, 3.05) is 24.9 Å². The summed E-state index contributed by atoms with van der Waals surface area (Å²) in [5, 5.41) is 9.37. The van der Waals surface area contributed by atoms with Crippen molar-refractivity contribution in [1.29, 1.82) is 0 Å². The van der Waals surface area contributed by atoms with E-state index < -0.39 is 0 Å². The third-order valence-electron chi connectivity index (χ3n) is 6.32. The summed E-state index contributed by atoms with van der Waals surface area (Å²) < 4.78 is 11.3. The molecular formula is C30H28N4O3S. The number of anilines is 3. The molecule has 3 aromatic carbocycles. The van der Waals surface area contributed by atoms with E-state index in [-0.39, 0.29) is 5.91 Å². The highest BCUT2D eigenvalue weighted by molar-refractivity contribution is 7.17. The number of benzene rings is 3. The summed E-state index contributed by atoms with van der Waals surface area (Å²) in [7, 11) is 3.14. The Morgan fingerprint density at radius 2 is 1.58 bits per heavy atom. The van der Waals surface area contributed by atoms with E-state index in [4.69, 9.17) is 9.47 Å². The number of amides is 1. The maximum Gasteiger partial charge on any atom is 0.255 e. The van der Waals surface area contributed by atoms with E-state index in [2.05, 4.69) is 64.1 Å². The lowest BCUT2D eigenvalue weighted by atomic mass is 9.99. The summed E-state index contributed by atoms with van der Waals surface area (Å²) in [6.45, 7) is 4.37. The standard InChI is InChI=1S/C30H28N4O3S/c1-18(2)19-10-12-20(13-11-19)22-16-38-30-27(22)28(31-17-32-30)33-23-14-26(37-4)24(15-25(23)36-3)34-29(35)21-8-6-5-7-9-21/h5-18H,1-4H3,(H,34,35)(H,31,32,33). The van der Waals surface area contributed by atoms with Gasteiger partial charge in [0.25, 0.3) is 5.91 Å². The summed E-state index contributed by atoms with van der Waals surface area (Å²) in [6, 6.07) is 21.1. The fraction of sp³-hybridized carbons (Fsp3) is 0.167. The Hall–Kier alpha value is -4.43. The molecule has 1 amide bonds. The molecule has 5 rings (SSSR count). The Kier molecular flexibility index (Phi) is 7.24. The zero-order chi connectivity index (χ0) is 26.6. The molecular weight excluding hydrogens is 496 g/mol. The molecule has 192 valence electrons. The highest BCUT2D eigenvalue weighted by atomic mass is 32.1. The lowest BCUT2D eigenvalue weighted by Crippen LogP contribution is -2.13. The Balaban J connectivity index is 1.51. The van der Waals surface area contributed by atoms with Crippen LogP contribution in [0.25, 0.3) is 21.3 Å². The number of carbonyl (C=O) groups is 1. The average molecular weight is 525 g/mol. The number of methoxy groups -OCH3 is 2. The zero-order valence-electron chi connectivity index (χ0n) is 21.6. The van der Waals surface area contributed by atoms with Crippen LogP contribution in [0, 0.1) is 0 Å². The van der Waals surface area contributed by atoms with E-state index in [0.717, 1.165) is 21.3 Å². The number of fused-ring (bicyclic) bond motifs is 1. The Morgan fingerprint density at radius 3 is 2.26 bits per heavy atom. The first-order valence-electron chi connectivity index (χ1n) is 12.2. The van der Waals surface area contributed by atoms with Crippen LogP contribution in [0.15, 0.2) is 78.4 Å². The molecule has 0 bridgehead atoms. The molecule has 0 aliphatic carbocycles.